The van der Waals surface area contributed by atoms with E-state index in [-0.39, 0.29) is 0 Å². The predicted molar refractivity (Wildman–Crippen MR) is 121 cm³/mol. The largest absolute Gasteiger partial charge is 0.201 e. The molecule has 1 heteroatoms. The molecule has 0 fully saturated rings. The molecule has 6 aromatic rings. The van der Waals surface area contributed by atoms with Crippen molar-refractivity contribution < 1.29 is 4.57 Å². The van der Waals surface area contributed by atoms with Gasteiger partial charge < -0.3 is 0 Å². The van der Waals surface area contributed by atoms with E-state index in [1.807, 2.05) is 0 Å². The third kappa shape index (κ3) is 2.67. The van der Waals surface area contributed by atoms with Gasteiger partial charge in [0.15, 0.2) is 18.9 Å². The summed E-state index contributed by atoms with van der Waals surface area (Å²) in [5.74, 6) is 0. The number of nitrogens with zero attached hydrogens (tertiary/aromatic N) is 1. The van der Waals surface area contributed by atoms with E-state index in [2.05, 4.69) is 114 Å². The number of benzene rings is 5. The lowest BCUT2D eigenvalue weighted by molar-refractivity contribution is -0.688. The van der Waals surface area contributed by atoms with E-state index in [9.17, 15) is 0 Å². The van der Waals surface area contributed by atoms with Crippen LogP contribution < -0.4 is 4.57 Å². The van der Waals surface area contributed by atoms with Crippen molar-refractivity contribution in [1.82, 2.24) is 0 Å². The van der Waals surface area contributed by atoms with E-state index in [4.69, 9.17) is 0 Å². The summed E-state index contributed by atoms with van der Waals surface area (Å²) in [5.41, 5.74) is 3.86. The Morgan fingerprint density at radius 3 is 1.93 bits per heavy atom. The van der Waals surface area contributed by atoms with Gasteiger partial charge in [0.1, 0.15) is 0 Å². The van der Waals surface area contributed by atoms with Gasteiger partial charge in [-0.1, -0.05) is 84.9 Å². The van der Waals surface area contributed by atoms with E-state index in [0.29, 0.717) is 0 Å². The fourth-order valence-electron chi connectivity index (χ4n) is 4.52. The number of hydrogen-bond acceptors (Lipinski definition) is 0. The maximum atomic E-state index is 2.28. The summed E-state index contributed by atoms with van der Waals surface area (Å²) < 4.78 is 2.23. The summed E-state index contributed by atoms with van der Waals surface area (Å²) in [7, 11) is 0. The molecule has 0 atom stereocenters. The van der Waals surface area contributed by atoms with E-state index >= 15 is 0 Å². The van der Waals surface area contributed by atoms with Crippen molar-refractivity contribution in [3.05, 3.63) is 115 Å². The van der Waals surface area contributed by atoms with Crippen molar-refractivity contribution in [2.75, 3.05) is 0 Å². The van der Waals surface area contributed by atoms with Crippen molar-refractivity contribution >= 4 is 32.3 Å². The van der Waals surface area contributed by atoms with Gasteiger partial charge in [-0.05, 0) is 43.4 Å². The molecule has 29 heavy (non-hydrogen) atoms. The highest BCUT2D eigenvalue weighted by atomic mass is 14.9. The van der Waals surface area contributed by atoms with Crippen LogP contribution in [0.3, 0.4) is 0 Å². The predicted octanol–water partition coefficient (Wildman–Crippen LogP) is 6.59. The Kier molecular flexibility index (Phi) is 3.60. The topological polar surface area (TPSA) is 3.88 Å². The monoisotopic (exact) mass is 370 g/mol. The summed E-state index contributed by atoms with van der Waals surface area (Å²) in [6.07, 6.45) is 4.36. The van der Waals surface area contributed by atoms with Gasteiger partial charge in [0.2, 0.25) is 0 Å². The quantitative estimate of drug-likeness (QED) is 0.244. The molecule has 0 unspecified atom stereocenters. The average molecular weight is 370 g/mol. The zero-order valence-electron chi connectivity index (χ0n) is 16.0. The summed E-state index contributed by atoms with van der Waals surface area (Å²) in [6, 6.07) is 35.1. The van der Waals surface area contributed by atoms with Gasteiger partial charge in [0.25, 0.3) is 0 Å². The maximum Gasteiger partial charge on any atom is 0.173 e. The number of pyridine rings is 1. The lowest BCUT2D eigenvalue weighted by Crippen LogP contribution is -2.32. The molecule has 0 saturated heterocycles. The SMILES string of the molecule is c1ccc(C[n+]2ccc(-c3ccc4ccc5cccc6ccc3c4c56)cc2)cc1. The fourth-order valence-corrected chi connectivity index (χ4v) is 4.52. The highest BCUT2D eigenvalue weighted by Gasteiger charge is 2.12. The molecule has 0 bridgehead atoms. The summed E-state index contributed by atoms with van der Waals surface area (Å²) in [5, 5.41) is 8.01. The van der Waals surface area contributed by atoms with E-state index < -0.39 is 0 Å². The van der Waals surface area contributed by atoms with Crippen LogP contribution >= 0.6 is 0 Å². The lowest BCUT2D eigenvalue weighted by Gasteiger charge is -2.13. The first-order valence-electron chi connectivity index (χ1n) is 10.1. The normalized spacial score (nSPS) is 11.6. The van der Waals surface area contributed by atoms with Crippen LogP contribution in [-0.4, -0.2) is 0 Å². The molecule has 0 aliphatic carbocycles. The van der Waals surface area contributed by atoms with Crippen LogP contribution in [0.15, 0.2) is 109 Å². The number of rotatable bonds is 3. The van der Waals surface area contributed by atoms with Crippen molar-refractivity contribution in [2.24, 2.45) is 0 Å². The van der Waals surface area contributed by atoms with Gasteiger partial charge >= 0.3 is 0 Å². The molecular formula is C28H20N+. The maximum absolute atomic E-state index is 2.28. The second-order valence-electron chi connectivity index (χ2n) is 7.71. The summed E-state index contributed by atoms with van der Waals surface area (Å²) >= 11 is 0. The summed E-state index contributed by atoms with van der Waals surface area (Å²) in [6.45, 7) is 0.888. The Labute approximate surface area is 169 Å². The van der Waals surface area contributed by atoms with Crippen molar-refractivity contribution in [2.45, 2.75) is 6.54 Å². The Hall–Kier alpha value is -3.71. The Bertz CT molecular complexity index is 1430. The van der Waals surface area contributed by atoms with E-state index in [1.54, 1.807) is 0 Å². The van der Waals surface area contributed by atoms with E-state index in [0.717, 1.165) is 6.54 Å². The first kappa shape index (κ1) is 16.3. The van der Waals surface area contributed by atoms with Crippen molar-refractivity contribution in [1.29, 1.82) is 0 Å². The molecule has 5 aromatic carbocycles. The van der Waals surface area contributed by atoms with Crippen LogP contribution in [0.2, 0.25) is 0 Å². The molecule has 1 heterocycles. The van der Waals surface area contributed by atoms with Crippen LogP contribution in [0.25, 0.3) is 43.4 Å². The van der Waals surface area contributed by atoms with Crippen LogP contribution in [0, 0.1) is 0 Å². The Morgan fingerprint density at radius 1 is 0.517 bits per heavy atom. The van der Waals surface area contributed by atoms with Crippen LogP contribution in [0.4, 0.5) is 0 Å². The van der Waals surface area contributed by atoms with Gasteiger partial charge in [-0.2, -0.15) is 0 Å². The van der Waals surface area contributed by atoms with Gasteiger partial charge in [0.05, 0.1) is 0 Å². The second kappa shape index (κ2) is 6.42. The fraction of sp³-hybridized carbons (Fsp3) is 0.0357. The van der Waals surface area contributed by atoms with Gasteiger partial charge in [-0.25, -0.2) is 4.57 Å². The molecule has 1 nitrogen and oxygen atoms in total. The molecule has 0 aliphatic rings. The standard InChI is InChI=1S/C28H20N/c1-2-5-20(6-3-1)19-29-17-15-21(16-18-29)25-13-11-24-10-9-22-7-4-8-23-12-14-26(25)28(24)27(22)23/h1-18H,19H2/q+1. The highest BCUT2D eigenvalue weighted by Crippen LogP contribution is 2.38. The van der Waals surface area contributed by atoms with Crippen molar-refractivity contribution in [3.8, 4) is 11.1 Å². The molecular weight excluding hydrogens is 350 g/mol. The minimum atomic E-state index is 0.888. The van der Waals surface area contributed by atoms with Crippen LogP contribution in [0.5, 0.6) is 0 Å². The molecule has 136 valence electrons. The number of aromatic nitrogens is 1. The first-order valence-corrected chi connectivity index (χ1v) is 10.1. The third-order valence-electron chi connectivity index (χ3n) is 5.94. The molecule has 0 amide bonds. The zero-order chi connectivity index (χ0) is 19.2. The summed E-state index contributed by atoms with van der Waals surface area (Å²) in [4.78, 5) is 0. The molecule has 0 N–H and O–H groups in total. The minimum absolute atomic E-state index is 0.888. The molecule has 1 aromatic heterocycles. The molecule has 0 spiro atoms. The lowest BCUT2D eigenvalue weighted by atomic mass is 9.90. The van der Waals surface area contributed by atoms with Gasteiger partial charge in [-0.15, -0.1) is 0 Å². The average Bonchev–Trinajstić information content (AvgIpc) is 2.79. The molecule has 0 saturated carbocycles. The Balaban J connectivity index is 1.49. The van der Waals surface area contributed by atoms with E-state index in [1.165, 1.54) is 49.0 Å². The third-order valence-corrected chi connectivity index (χ3v) is 5.94. The smallest absolute Gasteiger partial charge is 0.173 e. The molecule has 6 rings (SSSR count). The van der Waals surface area contributed by atoms with Crippen LogP contribution in [-0.2, 0) is 6.54 Å². The molecule has 0 aliphatic heterocycles. The van der Waals surface area contributed by atoms with Gasteiger partial charge in [-0.3, -0.25) is 0 Å². The van der Waals surface area contributed by atoms with Crippen molar-refractivity contribution in [3.63, 3.8) is 0 Å². The zero-order valence-corrected chi connectivity index (χ0v) is 16.0. The number of hydrogen-bond donors (Lipinski definition) is 0. The molecule has 0 radical (unpaired) electrons. The first-order chi connectivity index (χ1) is 14.4. The second-order valence-corrected chi connectivity index (χ2v) is 7.71. The Morgan fingerprint density at radius 2 is 1.17 bits per heavy atom. The minimum Gasteiger partial charge on any atom is -0.201 e. The van der Waals surface area contributed by atoms with Gasteiger partial charge in [0, 0.05) is 17.7 Å². The van der Waals surface area contributed by atoms with Crippen LogP contribution in [0.1, 0.15) is 5.56 Å². The highest BCUT2D eigenvalue weighted by molar-refractivity contribution is 6.25.